The van der Waals surface area contributed by atoms with Crippen molar-refractivity contribution in [1.29, 1.82) is 0 Å². The van der Waals surface area contributed by atoms with Crippen LogP contribution in [0.25, 0.3) is 0 Å². The standard InChI is InChI=1S/C8H6N4O2S/c13-7(14)5-2-1-3-6(4-5)9-8-10-11-12-15-8/h1-4H,(H,13,14)(H,9,10,12). The molecule has 76 valence electrons. The Hall–Kier alpha value is -2.02. The summed E-state index contributed by atoms with van der Waals surface area (Å²) >= 11 is 1.10. The minimum Gasteiger partial charge on any atom is -0.478 e. The zero-order valence-corrected chi connectivity index (χ0v) is 8.23. The van der Waals surface area contributed by atoms with Gasteiger partial charge in [0.05, 0.1) is 5.56 Å². The summed E-state index contributed by atoms with van der Waals surface area (Å²) in [5.74, 6) is -0.964. The molecular weight excluding hydrogens is 216 g/mol. The van der Waals surface area contributed by atoms with Crippen LogP contribution < -0.4 is 5.32 Å². The van der Waals surface area contributed by atoms with E-state index in [1.807, 2.05) is 0 Å². The molecule has 0 saturated heterocycles. The molecule has 7 heteroatoms. The molecule has 0 amide bonds. The molecular formula is C8H6N4O2S. The lowest BCUT2D eigenvalue weighted by Gasteiger charge is -2.01. The van der Waals surface area contributed by atoms with Crippen LogP contribution in [0.5, 0.6) is 0 Å². The Labute approximate surface area is 88.7 Å². The second-order valence-electron chi connectivity index (χ2n) is 2.68. The number of nitrogens with one attached hydrogen (secondary N) is 1. The van der Waals surface area contributed by atoms with Gasteiger partial charge in [-0.2, -0.15) is 0 Å². The average molecular weight is 222 g/mol. The van der Waals surface area contributed by atoms with Crippen molar-refractivity contribution in [2.45, 2.75) is 0 Å². The Morgan fingerprint density at radius 1 is 1.47 bits per heavy atom. The summed E-state index contributed by atoms with van der Waals surface area (Å²) in [5, 5.41) is 19.3. The third kappa shape index (κ3) is 2.26. The van der Waals surface area contributed by atoms with Crippen LogP contribution in [0.2, 0.25) is 0 Å². The molecule has 2 rings (SSSR count). The molecule has 0 aliphatic rings. The lowest BCUT2D eigenvalue weighted by atomic mass is 10.2. The summed E-state index contributed by atoms with van der Waals surface area (Å²) in [7, 11) is 0. The molecule has 0 atom stereocenters. The molecule has 2 aromatic rings. The first-order valence-corrected chi connectivity index (χ1v) is 4.78. The summed E-state index contributed by atoms with van der Waals surface area (Å²) in [6.45, 7) is 0. The summed E-state index contributed by atoms with van der Waals surface area (Å²) in [6.07, 6.45) is 0. The molecule has 0 bridgehead atoms. The van der Waals surface area contributed by atoms with E-state index in [0.29, 0.717) is 10.8 Å². The first-order valence-electron chi connectivity index (χ1n) is 4.01. The van der Waals surface area contributed by atoms with E-state index in [0.717, 1.165) is 11.5 Å². The maximum absolute atomic E-state index is 10.7. The largest absolute Gasteiger partial charge is 0.478 e. The number of benzene rings is 1. The summed E-state index contributed by atoms with van der Waals surface area (Å²) in [6, 6.07) is 6.43. The van der Waals surface area contributed by atoms with Gasteiger partial charge in [0.15, 0.2) is 0 Å². The van der Waals surface area contributed by atoms with E-state index in [1.165, 1.54) is 12.1 Å². The quantitative estimate of drug-likeness (QED) is 0.815. The van der Waals surface area contributed by atoms with Crippen molar-refractivity contribution in [2.75, 3.05) is 5.32 Å². The predicted molar refractivity (Wildman–Crippen MR) is 54.4 cm³/mol. The van der Waals surface area contributed by atoms with Crippen LogP contribution in [-0.4, -0.2) is 25.9 Å². The second-order valence-corrected chi connectivity index (χ2v) is 3.41. The molecule has 0 fully saturated rings. The lowest BCUT2D eigenvalue weighted by molar-refractivity contribution is 0.0697. The van der Waals surface area contributed by atoms with Gasteiger partial charge in [-0.05, 0) is 23.4 Å². The highest BCUT2D eigenvalue weighted by molar-refractivity contribution is 7.09. The van der Waals surface area contributed by atoms with E-state index < -0.39 is 5.97 Å². The first kappa shape index (κ1) is 9.53. The summed E-state index contributed by atoms with van der Waals surface area (Å²) in [5.41, 5.74) is 0.867. The normalized spacial score (nSPS) is 9.87. The van der Waals surface area contributed by atoms with E-state index in [-0.39, 0.29) is 5.56 Å². The number of hydrogen-bond donors (Lipinski definition) is 2. The Morgan fingerprint density at radius 3 is 3.00 bits per heavy atom. The molecule has 0 aliphatic heterocycles. The molecule has 2 N–H and O–H groups in total. The van der Waals surface area contributed by atoms with E-state index >= 15 is 0 Å². The van der Waals surface area contributed by atoms with Crippen molar-refractivity contribution < 1.29 is 9.90 Å². The molecule has 0 radical (unpaired) electrons. The van der Waals surface area contributed by atoms with E-state index in [1.54, 1.807) is 12.1 Å². The number of aromatic carboxylic acids is 1. The highest BCUT2D eigenvalue weighted by atomic mass is 32.1. The fourth-order valence-corrected chi connectivity index (χ4v) is 1.42. The number of hydrogen-bond acceptors (Lipinski definition) is 6. The molecule has 1 heterocycles. The predicted octanol–water partition coefficient (Wildman–Crippen LogP) is 1.37. The average Bonchev–Trinajstić information content (AvgIpc) is 2.71. The molecule has 15 heavy (non-hydrogen) atoms. The van der Waals surface area contributed by atoms with Crippen LogP contribution >= 0.6 is 11.5 Å². The number of carboxylic acids is 1. The zero-order chi connectivity index (χ0) is 10.7. The van der Waals surface area contributed by atoms with Crippen molar-refractivity contribution >= 4 is 28.3 Å². The number of anilines is 2. The third-order valence-electron chi connectivity index (χ3n) is 1.66. The van der Waals surface area contributed by atoms with Gasteiger partial charge in [-0.3, -0.25) is 0 Å². The maximum atomic E-state index is 10.7. The highest BCUT2D eigenvalue weighted by Gasteiger charge is 2.04. The molecule has 0 saturated carbocycles. The molecule has 6 nitrogen and oxygen atoms in total. The molecule has 0 aliphatic carbocycles. The highest BCUT2D eigenvalue weighted by Crippen LogP contribution is 2.17. The minimum absolute atomic E-state index is 0.220. The topological polar surface area (TPSA) is 88.0 Å². The number of rotatable bonds is 3. The van der Waals surface area contributed by atoms with E-state index in [2.05, 4.69) is 20.1 Å². The number of carboxylic acid groups (broad SMARTS) is 1. The van der Waals surface area contributed by atoms with Gasteiger partial charge in [0, 0.05) is 17.2 Å². The van der Waals surface area contributed by atoms with Crippen LogP contribution in [0, 0.1) is 0 Å². The van der Waals surface area contributed by atoms with Crippen LogP contribution in [0.3, 0.4) is 0 Å². The SMILES string of the molecule is O=C(O)c1cccc(Nc2nnns2)c1. The van der Waals surface area contributed by atoms with Crippen LogP contribution in [0.4, 0.5) is 10.8 Å². The lowest BCUT2D eigenvalue weighted by Crippen LogP contribution is -1.97. The molecule has 0 unspecified atom stereocenters. The van der Waals surface area contributed by atoms with Gasteiger partial charge in [0.25, 0.3) is 0 Å². The molecule has 0 spiro atoms. The van der Waals surface area contributed by atoms with Crippen molar-refractivity contribution in [3.63, 3.8) is 0 Å². The fraction of sp³-hybridized carbons (Fsp3) is 0. The number of nitrogens with zero attached hydrogens (tertiary/aromatic N) is 3. The summed E-state index contributed by atoms with van der Waals surface area (Å²) in [4.78, 5) is 10.7. The van der Waals surface area contributed by atoms with Gasteiger partial charge in [-0.15, -0.1) is 0 Å². The third-order valence-corrected chi connectivity index (χ3v) is 2.17. The Kier molecular flexibility index (Phi) is 2.55. The van der Waals surface area contributed by atoms with Crippen molar-refractivity contribution in [1.82, 2.24) is 14.8 Å². The summed E-state index contributed by atoms with van der Waals surface area (Å²) < 4.78 is 3.58. The van der Waals surface area contributed by atoms with Crippen LogP contribution in [0.15, 0.2) is 24.3 Å². The smallest absolute Gasteiger partial charge is 0.335 e. The van der Waals surface area contributed by atoms with E-state index in [4.69, 9.17) is 5.11 Å². The Bertz CT molecular complexity index is 471. The van der Waals surface area contributed by atoms with Crippen molar-refractivity contribution in [3.8, 4) is 0 Å². The first-order chi connectivity index (χ1) is 7.25. The van der Waals surface area contributed by atoms with Gasteiger partial charge in [-0.25, -0.2) is 4.79 Å². The van der Waals surface area contributed by atoms with Crippen LogP contribution in [0.1, 0.15) is 10.4 Å². The fourth-order valence-electron chi connectivity index (χ4n) is 1.04. The molecule has 1 aromatic heterocycles. The van der Waals surface area contributed by atoms with E-state index in [9.17, 15) is 4.79 Å². The second kappa shape index (κ2) is 4.01. The van der Waals surface area contributed by atoms with Gasteiger partial charge in [-0.1, -0.05) is 15.7 Å². The zero-order valence-electron chi connectivity index (χ0n) is 7.41. The Morgan fingerprint density at radius 2 is 2.33 bits per heavy atom. The number of aromatic nitrogens is 3. The number of carbonyl (C=O) groups is 1. The van der Waals surface area contributed by atoms with Crippen LogP contribution in [-0.2, 0) is 0 Å². The van der Waals surface area contributed by atoms with Gasteiger partial charge >= 0.3 is 5.97 Å². The van der Waals surface area contributed by atoms with Gasteiger partial charge < -0.3 is 10.4 Å². The minimum atomic E-state index is -0.964. The maximum Gasteiger partial charge on any atom is 0.335 e. The monoisotopic (exact) mass is 222 g/mol. The van der Waals surface area contributed by atoms with Crippen molar-refractivity contribution in [2.24, 2.45) is 0 Å². The van der Waals surface area contributed by atoms with Gasteiger partial charge in [0.2, 0.25) is 5.13 Å². The Balaban J connectivity index is 2.22. The van der Waals surface area contributed by atoms with Crippen molar-refractivity contribution in [3.05, 3.63) is 29.8 Å². The molecule has 1 aromatic carbocycles. The van der Waals surface area contributed by atoms with Gasteiger partial charge in [0.1, 0.15) is 0 Å².